The van der Waals surface area contributed by atoms with E-state index in [9.17, 15) is 8.42 Å². The highest BCUT2D eigenvalue weighted by Gasteiger charge is 2.18. The smallest absolute Gasteiger partial charge is 0.208 e. The Bertz CT molecular complexity index is 618. The van der Waals surface area contributed by atoms with Crippen molar-refractivity contribution in [3.63, 3.8) is 0 Å². The van der Waals surface area contributed by atoms with E-state index in [2.05, 4.69) is 25.6 Å². The van der Waals surface area contributed by atoms with Crippen molar-refractivity contribution in [2.24, 2.45) is 0 Å². The Kier molecular flexibility index (Phi) is 5.12. The minimum atomic E-state index is -3.11. The summed E-state index contributed by atoms with van der Waals surface area (Å²) in [6, 6.07) is 5.60. The van der Waals surface area contributed by atoms with Crippen LogP contribution in [0.25, 0.3) is 0 Å². The summed E-state index contributed by atoms with van der Waals surface area (Å²) in [5.74, 6) is 0.822. The zero-order valence-corrected chi connectivity index (χ0v) is 12.8. The predicted molar refractivity (Wildman–Crippen MR) is 80.5 cm³/mol. The maximum atomic E-state index is 11.0. The van der Waals surface area contributed by atoms with Crippen molar-refractivity contribution in [2.75, 3.05) is 50.4 Å². The molecule has 1 aromatic heterocycles. The van der Waals surface area contributed by atoms with Gasteiger partial charge in [-0.3, -0.25) is 4.90 Å². The van der Waals surface area contributed by atoms with Gasteiger partial charge in [-0.2, -0.15) is 5.26 Å². The van der Waals surface area contributed by atoms with E-state index in [4.69, 9.17) is 5.26 Å². The zero-order chi connectivity index (χ0) is 15.3. The van der Waals surface area contributed by atoms with Crippen molar-refractivity contribution < 1.29 is 8.42 Å². The van der Waals surface area contributed by atoms with E-state index in [1.807, 2.05) is 0 Å². The number of nitriles is 1. The number of piperazine rings is 1. The molecule has 1 aliphatic heterocycles. The lowest BCUT2D eigenvalue weighted by atomic mass is 10.2. The Morgan fingerprint density at radius 1 is 1.38 bits per heavy atom. The van der Waals surface area contributed by atoms with Gasteiger partial charge in [0, 0.05) is 45.5 Å². The second-order valence-electron chi connectivity index (χ2n) is 5.01. The van der Waals surface area contributed by atoms with Crippen LogP contribution in [0.15, 0.2) is 18.3 Å². The second kappa shape index (κ2) is 6.85. The highest BCUT2D eigenvalue weighted by Crippen LogP contribution is 2.14. The average molecular weight is 309 g/mol. The number of sulfonamides is 1. The van der Waals surface area contributed by atoms with Gasteiger partial charge < -0.3 is 4.90 Å². The van der Waals surface area contributed by atoms with E-state index in [0.717, 1.165) is 32.0 Å². The lowest BCUT2D eigenvalue weighted by Crippen LogP contribution is -2.48. The summed E-state index contributed by atoms with van der Waals surface area (Å²) in [6.45, 7) is 4.48. The molecule has 21 heavy (non-hydrogen) atoms. The van der Waals surface area contributed by atoms with Gasteiger partial charge in [0.1, 0.15) is 5.82 Å². The Hall–Kier alpha value is -1.69. The van der Waals surface area contributed by atoms with Gasteiger partial charge in [0.05, 0.1) is 17.9 Å². The van der Waals surface area contributed by atoms with Crippen LogP contribution < -0.4 is 9.62 Å². The molecule has 0 amide bonds. The predicted octanol–water partition coefficient (Wildman–Crippen LogP) is -0.376. The molecule has 2 heterocycles. The van der Waals surface area contributed by atoms with E-state index in [1.165, 1.54) is 6.26 Å². The molecule has 0 unspecified atom stereocenters. The lowest BCUT2D eigenvalue weighted by molar-refractivity contribution is 0.261. The van der Waals surface area contributed by atoms with Crippen LogP contribution in [0.4, 0.5) is 5.82 Å². The molecular formula is C13H19N5O2S. The van der Waals surface area contributed by atoms with Crippen LogP contribution in [0.5, 0.6) is 0 Å². The van der Waals surface area contributed by atoms with Crippen LogP contribution in [-0.4, -0.2) is 63.8 Å². The maximum absolute atomic E-state index is 11.0. The van der Waals surface area contributed by atoms with E-state index in [1.54, 1.807) is 18.3 Å². The van der Waals surface area contributed by atoms with E-state index >= 15 is 0 Å². The highest BCUT2D eigenvalue weighted by atomic mass is 32.2. The summed E-state index contributed by atoms with van der Waals surface area (Å²) in [5, 5.41) is 8.90. The summed E-state index contributed by atoms with van der Waals surface area (Å²) in [4.78, 5) is 8.65. The minimum absolute atomic E-state index is 0.432. The Morgan fingerprint density at radius 3 is 2.71 bits per heavy atom. The number of anilines is 1. The molecule has 1 N–H and O–H groups in total. The van der Waals surface area contributed by atoms with E-state index < -0.39 is 10.0 Å². The second-order valence-corrected chi connectivity index (χ2v) is 6.84. The SMILES string of the molecule is CS(=O)(=O)NCCN1CCN(c2cc(C#N)ccn2)CC1. The third kappa shape index (κ3) is 4.97. The lowest BCUT2D eigenvalue weighted by Gasteiger charge is -2.35. The van der Waals surface area contributed by atoms with E-state index in [0.29, 0.717) is 18.7 Å². The van der Waals surface area contributed by atoms with Crippen LogP contribution in [0.1, 0.15) is 5.56 Å². The molecule has 8 heteroatoms. The topological polar surface area (TPSA) is 89.3 Å². The molecule has 2 rings (SSSR count). The van der Waals surface area contributed by atoms with Gasteiger partial charge in [-0.1, -0.05) is 0 Å². The molecule has 1 aromatic rings. The number of rotatable bonds is 5. The minimum Gasteiger partial charge on any atom is -0.354 e. The number of aromatic nitrogens is 1. The first kappa shape index (κ1) is 15.7. The molecule has 0 atom stereocenters. The Balaban J connectivity index is 1.81. The van der Waals surface area contributed by atoms with Crippen molar-refractivity contribution >= 4 is 15.8 Å². The van der Waals surface area contributed by atoms with Gasteiger partial charge in [0.25, 0.3) is 0 Å². The molecule has 0 spiro atoms. The van der Waals surface area contributed by atoms with Crippen LogP contribution in [0.2, 0.25) is 0 Å². The molecule has 1 saturated heterocycles. The summed E-state index contributed by atoms with van der Waals surface area (Å²) in [5.41, 5.74) is 0.611. The van der Waals surface area contributed by atoms with Crippen LogP contribution in [0.3, 0.4) is 0 Å². The van der Waals surface area contributed by atoms with Gasteiger partial charge in [0.15, 0.2) is 0 Å². The molecule has 0 bridgehead atoms. The summed E-state index contributed by atoms with van der Waals surface area (Å²) < 4.78 is 24.5. The van der Waals surface area contributed by atoms with Gasteiger partial charge in [0.2, 0.25) is 10.0 Å². The number of pyridine rings is 1. The quantitative estimate of drug-likeness (QED) is 0.798. The van der Waals surface area contributed by atoms with Crippen molar-refractivity contribution in [2.45, 2.75) is 0 Å². The van der Waals surface area contributed by atoms with Gasteiger partial charge in [-0.15, -0.1) is 0 Å². The number of hydrogen-bond donors (Lipinski definition) is 1. The molecule has 1 fully saturated rings. The highest BCUT2D eigenvalue weighted by molar-refractivity contribution is 7.88. The fourth-order valence-electron chi connectivity index (χ4n) is 2.25. The monoisotopic (exact) mass is 309 g/mol. The molecular weight excluding hydrogens is 290 g/mol. The zero-order valence-electron chi connectivity index (χ0n) is 12.0. The Labute approximate surface area is 125 Å². The van der Waals surface area contributed by atoms with Crippen molar-refractivity contribution in [1.29, 1.82) is 5.26 Å². The van der Waals surface area contributed by atoms with Crippen molar-refractivity contribution in [3.8, 4) is 6.07 Å². The number of nitrogens with one attached hydrogen (secondary N) is 1. The first-order valence-electron chi connectivity index (χ1n) is 6.76. The molecule has 1 aliphatic rings. The normalized spacial score (nSPS) is 16.7. The van der Waals surface area contributed by atoms with Crippen molar-refractivity contribution in [3.05, 3.63) is 23.9 Å². The van der Waals surface area contributed by atoms with Crippen molar-refractivity contribution in [1.82, 2.24) is 14.6 Å². The van der Waals surface area contributed by atoms with Gasteiger partial charge in [-0.05, 0) is 12.1 Å². The number of hydrogen-bond acceptors (Lipinski definition) is 6. The first-order chi connectivity index (χ1) is 9.98. The maximum Gasteiger partial charge on any atom is 0.208 e. The Morgan fingerprint density at radius 2 is 2.10 bits per heavy atom. The van der Waals surface area contributed by atoms with Crippen LogP contribution in [-0.2, 0) is 10.0 Å². The summed E-state index contributed by atoms with van der Waals surface area (Å²) >= 11 is 0. The average Bonchev–Trinajstić information content (AvgIpc) is 2.47. The van der Waals surface area contributed by atoms with Gasteiger partial charge >= 0.3 is 0 Å². The van der Waals surface area contributed by atoms with Gasteiger partial charge in [-0.25, -0.2) is 18.1 Å². The fraction of sp³-hybridized carbons (Fsp3) is 0.538. The largest absolute Gasteiger partial charge is 0.354 e. The molecule has 114 valence electrons. The summed E-state index contributed by atoms with van der Waals surface area (Å²) in [6.07, 6.45) is 2.81. The van der Waals surface area contributed by atoms with Crippen LogP contribution in [0, 0.1) is 11.3 Å². The molecule has 0 radical (unpaired) electrons. The fourth-order valence-corrected chi connectivity index (χ4v) is 2.71. The third-order valence-electron chi connectivity index (χ3n) is 3.36. The standard InChI is InChI=1S/C13H19N5O2S/c1-21(19,20)16-4-5-17-6-8-18(9-7-17)13-10-12(11-14)2-3-15-13/h2-3,10,16H,4-9H2,1H3. The molecule has 0 saturated carbocycles. The summed E-state index contributed by atoms with van der Waals surface area (Å²) in [7, 11) is -3.11. The van der Waals surface area contributed by atoms with Crippen LogP contribution >= 0.6 is 0 Å². The first-order valence-corrected chi connectivity index (χ1v) is 8.65. The number of nitrogens with zero attached hydrogens (tertiary/aromatic N) is 4. The molecule has 0 aromatic carbocycles. The third-order valence-corrected chi connectivity index (χ3v) is 4.09. The molecule has 0 aliphatic carbocycles. The van der Waals surface area contributed by atoms with E-state index in [-0.39, 0.29) is 0 Å². The molecule has 7 nitrogen and oxygen atoms in total.